The highest BCUT2D eigenvalue weighted by molar-refractivity contribution is 6.30. The quantitative estimate of drug-likeness (QED) is 0.865. The van der Waals surface area contributed by atoms with E-state index < -0.39 is 0 Å². The van der Waals surface area contributed by atoms with E-state index >= 15 is 0 Å². The van der Waals surface area contributed by atoms with Crippen LogP contribution in [0.25, 0.3) is 0 Å². The first-order valence-corrected chi connectivity index (χ1v) is 7.32. The van der Waals surface area contributed by atoms with Gasteiger partial charge in [-0.1, -0.05) is 24.6 Å². The fourth-order valence-corrected chi connectivity index (χ4v) is 2.85. The van der Waals surface area contributed by atoms with Crippen molar-refractivity contribution in [1.29, 1.82) is 0 Å². The first kappa shape index (κ1) is 14.8. The number of rotatable bonds is 6. The third kappa shape index (κ3) is 4.44. The van der Waals surface area contributed by atoms with Crippen LogP contribution in [0.15, 0.2) is 18.2 Å². The molecule has 106 valence electrons. The van der Waals surface area contributed by atoms with Crippen LogP contribution >= 0.6 is 11.6 Å². The van der Waals surface area contributed by atoms with E-state index in [4.69, 9.17) is 16.3 Å². The van der Waals surface area contributed by atoms with E-state index in [0.29, 0.717) is 12.0 Å². The van der Waals surface area contributed by atoms with Gasteiger partial charge in [0.05, 0.1) is 5.02 Å². The zero-order valence-corrected chi connectivity index (χ0v) is 12.0. The second-order valence-electron chi connectivity index (χ2n) is 5.17. The minimum atomic E-state index is -0.352. The van der Waals surface area contributed by atoms with Crippen molar-refractivity contribution >= 4 is 11.6 Å². The number of hydrogen-bond acceptors (Lipinski definition) is 2. The molecule has 1 aliphatic rings. The van der Waals surface area contributed by atoms with Gasteiger partial charge in [-0.3, -0.25) is 0 Å². The summed E-state index contributed by atoms with van der Waals surface area (Å²) in [6.45, 7) is 4.79. The van der Waals surface area contributed by atoms with Crippen molar-refractivity contribution in [3.63, 3.8) is 0 Å². The van der Waals surface area contributed by atoms with E-state index in [1.54, 1.807) is 6.07 Å². The SMILES string of the molecule is CCNC(Cc1ccc(F)c(Cl)c1)CC1CCOC1. The highest BCUT2D eigenvalue weighted by Crippen LogP contribution is 2.22. The van der Waals surface area contributed by atoms with Gasteiger partial charge in [0.1, 0.15) is 5.82 Å². The van der Waals surface area contributed by atoms with E-state index in [1.165, 1.54) is 6.07 Å². The summed E-state index contributed by atoms with van der Waals surface area (Å²) in [4.78, 5) is 0. The van der Waals surface area contributed by atoms with Crippen molar-refractivity contribution < 1.29 is 9.13 Å². The number of hydrogen-bond donors (Lipinski definition) is 1. The highest BCUT2D eigenvalue weighted by Gasteiger charge is 2.20. The molecule has 2 unspecified atom stereocenters. The molecular weight excluding hydrogens is 265 g/mol. The normalized spacial score (nSPS) is 20.7. The van der Waals surface area contributed by atoms with Crippen LogP contribution in [0.1, 0.15) is 25.3 Å². The number of nitrogens with one attached hydrogen (secondary N) is 1. The molecule has 0 amide bonds. The molecule has 2 nitrogen and oxygen atoms in total. The summed E-state index contributed by atoms with van der Waals surface area (Å²) in [7, 11) is 0. The molecule has 1 aliphatic heterocycles. The van der Waals surface area contributed by atoms with Gasteiger partial charge in [-0.2, -0.15) is 0 Å². The van der Waals surface area contributed by atoms with Crippen LogP contribution in [-0.2, 0) is 11.2 Å². The maximum atomic E-state index is 13.1. The number of ether oxygens (including phenoxy) is 1. The molecule has 0 saturated carbocycles. The van der Waals surface area contributed by atoms with Crippen LogP contribution in [0, 0.1) is 11.7 Å². The average Bonchev–Trinajstić information content (AvgIpc) is 2.87. The largest absolute Gasteiger partial charge is 0.381 e. The lowest BCUT2D eigenvalue weighted by Gasteiger charge is -2.21. The van der Waals surface area contributed by atoms with Crippen LogP contribution < -0.4 is 5.32 Å². The summed E-state index contributed by atoms with van der Waals surface area (Å²) in [5.41, 5.74) is 1.08. The standard InChI is InChI=1S/C15H21ClFNO/c1-2-18-13(8-12-5-6-19-10-12)7-11-3-4-15(17)14(16)9-11/h3-4,9,12-13,18H,2,5-8,10H2,1H3. The molecule has 1 fully saturated rings. The summed E-state index contributed by atoms with van der Waals surface area (Å²) in [5.74, 6) is 0.287. The predicted molar refractivity (Wildman–Crippen MR) is 76.1 cm³/mol. The lowest BCUT2D eigenvalue weighted by molar-refractivity contribution is 0.181. The van der Waals surface area contributed by atoms with Gasteiger partial charge in [0, 0.05) is 19.3 Å². The molecule has 1 aromatic rings. The third-order valence-electron chi connectivity index (χ3n) is 3.60. The molecule has 1 saturated heterocycles. The van der Waals surface area contributed by atoms with Crippen molar-refractivity contribution in [3.05, 3.63) is 34.6 Å². The average molecular weight is 286 g/mol. The van der Waals surface area contributed by atoms with Gasteiger partial charge in [-0.25, -0.2) is 4.39 Å². The first-order chi connectivity index (χ1) is 9.19. The van der Waals surface area contributed by atoms with Crippen molar-refractivity contribution in [3.8, 4) is 0 Å². The molecular formula is C15H21ClFNO. The monoisotopic (exact) mass is 285 g/mol. The Morgan fingerprint density at radius 2 is 2.37 bits per heavy atom. The van der Waals surface area contributed by atoms with Gasteiger partial charge in [0.25, 0.3) is 0 Å². The molecule has 1 N–H and O–H groups in total. The zero-order valence-electron chi connectivity index (χ0n) is 11.3. The summed E-state index contributed by atoms with van der Waals surface area (Å²) >= 11 is 5.83. The Labute approximate surface area is 119 Å². The van der Waals surface area contributed by atoms with E-state index in [-0.39, 0.29) is 10.8 Å². The highest BCUT2D eigenvalue weighted by atomic mass is 35.5. The maximum Gasteiger partial charge on any atom is 0.141 e. The molecule has 0 spiro atoms. The van der Waals surface area contributed by atoms with Gasteiger partial charge in [0.2, 0.25) is 0 Å². The van der Waals surface area contributed by atoms with Crippen LogP contribution in [-0.4, -0.2) is 25.8 Å². The fourth-order valence-electron chi connectivity index (χ4n) is 2.65. The smallest absolute Gasteiger partial charge is 0.141 e. The molecule has 19 heavy (non-hydrogen) atoms. The summed E-state index contributed by atoms with van der Waals surface area (Å²) < 4.78 is 18.6. The predicted octanol–water partition coefficient (Wildman–Crippen LogP) is 3.43. The number of benzene rings is 1. The second kappa shape index (κ2) is 7.22. The number of likely N-dealkylation sites (N-methyl/N-ethyl adjacent to an activating group) is 1. The number of halogens is 2. The summed E-state index contributed by atoms with van der Waals surface area (Å²) in [6, 6.07) is 5.39. The Balaban J connectivity index is 1.96. The summed E-state index contributed by atoms with van der Waals surface area (Å²) in [6.07, 6.45) is 3.12. The Morgan fingerprint density at radius 1 is 1.53 bits per heavy atom. The maximum absolute atomic E-state index is 13.1. The molecule has 4 heteroatoms. The van der Waals surface area contributed by atoms with Gasteiger partial charge in [-0.15, -0.1) is 0 Å². The van der Waals surface area contributed by atoms with E-state index in [1.807, 2.05) is 6.07 Å². The topological polar surface area (TPSA) is 21.3 Å². The molecule has 0 aliphatic carbocycles. The molecule has 1 heterocycles. The van der Waals surface area contributed by atoms with Crippen LogP contribution in [0.3, 0.4) is 0 Å². The molecule has 0 bridgehead atoms. The van der Waals surface area contributed by atoms with Crippen molar-refractivity contribution in [2.45, 2.75) is 32.2 Å². The molecule has 2 atom stereocenters. The van der Waals surface area contributed by atoms with Crippen molar-refractivity contribution in [1.82, 2.24) is 5.32 Å². The lowest BCUT2D eigenvalue weighted by Crippen LogP contribution is -2.33. The zero-order chi connectivity index (χ0) is 13.7. The van der Waals surface area contributed by atoms with Crippen molar-refractivity contribution in [2.75, 3.05) is 19.8 Å². The Kier molecular flexibility index (Phi) is 5.61. The van der Waals surface area contributed by atoms with Crippen molar-refractivity contribution in [2.24, 2.45) is 5.92 Å². The molecule has 0 radical (unpaired) electrons. The van der Waals surface area contributed by atoms with Gasteiger partial charge in [0.15, 0.2) is 0 Å². The van der Waals surface area contributed by atoms with Gasteiger partial charge >= 0.3 is 0 Å². The summed E-state index contributed by atoms with van der Waals surface area (Å²) in [5, 5.41) is 3.71. The minimum Gasteiger partial charge on any atom is -0.381 e. The Bertz CT molecular complexity index is 407. The second-order valence-corrected chi connectivity index (χ2v) is 5.58. The van der Waals surface area contributed by atoms with Crippen LogP contribution in [0.5, 0.6) is 0 Å². The van der Waals surface area contributed by atoms with Gasteiger partial charge < -0.3 is 10.1 Å². The van der Waals surface area contributed by atoms with Crippen LogP contribution in [0.2, 0.25) is 5.02 Å². The fraction of sp³-hybridized carbons (Fsp3) is 0.600. The minimum absolute atomic E-state index is 0.206. The Morgan fingerprint density at radius 3 is 3.00 bits per heavy atom. The van der Waals surface area contributed by atoms with Gasteiger partial charge in [-0.05, 0) is 49.4 Å². The lowest BCUT2D eigenvalue weighted by atomic mass is 9.94. The third-order valence-corrected chi connectivity index (χ3v) is 3.89. The molecule has 0 aromatic heterocycles. The van der Waals surface area contributed by atoms with E-state index in [2.05, 4.69) is 12.2 Å². The molecule has 2 rings (SSSR count). The Hall–Kier alpha value is -0.640. The molecule has 1 aromatic carbocycles. The van der Waals surface area contributed by atoms with E-state index in [0.717, 1.165) is 44.6 Å². The van der Waals surface area contributed by atoms with Crippen LogP contribution in [0.4, 0.5) is 4.39 Å². The van der Waals surface area contributed by atoms with E-state index in [9.17, 15) is 4.39 Å². The first-order valence-electron chi connectivity index (χ1n) is 6.94.